The Bertz CT molecular complexity index is 626. The van der Waals surface area contributed by atoms with Crippen LogP contribution in [0, 0.1) is 0 Å². The molecule has 0 saturated carbocycles. The molecule has 1 N–H and O–H groups in total. The second-order valence-corrected chi connectivity index (χ2v) is 5.80. The summed E-state index contributed by atoms with van der Waals surface area (Å²) in [5.74, 6) is 1.17. The highest BCUT2D eigenvalue weighted by molar-refractivity contribution is 9.10. The first-order valence-electron chi connectivity index (χ1n) is 5.64. The van der Waals surface area contributed by atoms with E-state index in [2.05, 4.69) is 21.2 Å². The van der Waals surface area contributed by atoms with Crippen molar-refractivity contribution in [1.82, 2.24) is 5.32 Å². The zero-order chi connectivity index (χ0) is 13.2. The number of halogens is 1. The van der Waals surface area contributed by atoms with Crippen LogP contribution in [0.4, 0.5) is 0 Å². The van der Waals surface area contributed by atoms with E-state index < -0.39 is 0 Å². The summed E-state index contributed by atoms with van der Waals surface area (Å²) in [6.45, 7) is 0.716. The standard InChI is InChI=1S/C13H10BrNO3S/c14-9-3-4-19-12(9)6-15-13(16)8-1-2-10-11(5-8)18-7-17-10/h1-5H,6-7H2,(H,15,16). The number of carbonyl (C=O) groups excluding carboxylic acids is 1. The molecule has 0 fully saturated rings. The molecule has 0 spiro atoms. The maximum Gasteiger partial charge on any atom is 0.251 e. The molecule has 6 heteroatoms. The van der Waals surface area contributed by atoms with E-state index in [9.17, 15) is 4.79 Å². The lowest BCUT2D eigenvalue weighted by Gasteiger charge is -2.05. The molecule has 2 heterocycles. The van der Waals surface area contributed by atoms with Crippen molar-refractivity contribution in [3.05, 3.63) is 44.6 Å². The predicted octanol–water partition coefficient (Wildman–Crippen LogP) is 3.17. The van der Waals surface area contributed by atoms with E-state index in [0.29, 0.717) is 23.6 Å². The van der Waals surface area contributed by atoms with Crippen LogP contribution in [0.25, 0.3) is 0 Å². The molecule has 3 rings (SSSR count). The summed E-state index contributed by atoms with van der Waals surface area (Å²) in [5, 5.41) is 4.86. The maximum atomic E-state index is 12.0. The fourth-order valence-corrected chi connectivity index (χ4v) is 3.18. The molecule has 0 atom stereocenters. The zero-order valence-electron chi connectivity index (χ0n) is 9.81. The van der Waals surface area contributed by atoms with Crippen molar-refractivity contribution in [2.24, 2.45) is 0 Å². The van der Waals surface area contributed by atoms with Crippen LogP contribution in [0.5, 0.6) is 11.5 Å². The number of hydrogen-bond acceptors (Lipinski definition) is 4. The van der Waals surface area contributed by atoms with Crippen LogP contribution in [0.1, 0.15) is 15.2 Å². The number of thiophene rings is 1. The van der Waals surface area contributed by atoms with Gasteiger partial charge in [0.1, 0.15) is 0 Å². The van der Waals surface area contributed by atoms with E-state index in [-0.39, 0.29) is 12.7 Å². The van der Waals surface area contributed by atoms with Crippen LogP contribution in [-0.2, 0) is 6.54 Å². The van der Waals surface area contributed by atoms with Gasteiger partial charge in [-0.1, -0.05) is 0 Å². The largest absolute Gasteiger partial charge is 0.454 e. The zero-order valence-corrected chi connectivity index (χ0v) is 12.2. The van der Waals surface area contributed by atoms with Gasteiger partial charge in [-0.3, -0.25) is 4.79 Å². The van der Waals surface area contributed by atoms with Gasteiger partial charge in [-0.15, -0.1) is 11.3 Å². The van der Waals surface area contributed by atoms with Crippen LogP contribution in [0.15, 0.2) is 34.1 Å². The Labute approximate surface area is 122 Å². The monoisotopic (exact) mass is 339 g/mol. The van der Waals surface area contributed by atoms with Crippen molar-refractivity contribution in [2.75, 3.05) is 6.79 Å². The number of benzene rings is 1. The first-order chi connectivity index (χ1) is 9.24. The van der Waals surface area contributed by atoms with E-state index in [1.165, 1.54) is 0 Å². The van der Waals surface area contributed by atoms with Crippen LogP contribution in [0.2, 0.25) is 0 Å². The molecule has 19 heavy (non-hydrogen) atoms. The average molecular weight is 340 g/mol. The fourth-order valence-electron chi connectivity index (χ4n) is 1.75. The van der Waals surface area contributed by atoms with Gasteiger partial charge in [-0.25, -0.2) is 0 Å². The summed E-state index contributed by atoms with van der Waals surface area (Å²) in [6.07, 6.45) is 0. The Kier molecular flexibility index (Phi) is 3.44. The molecular weight excluding hydrogens is 330 g/mol. The third kappa shape index (κ3) is 2.59. The first kappa shape index (κ1) is 12.5. The number of nitrogens with one attached hydrogen (secondary N) is 1. The number of rotatable bonds is 3. The minimum atomic E-state index is -0.126. The van der Waals surface area contributed by atoms with Gasteiger partial charge in [0, 0.05) is 14.9 Å². The van der Waals surface area contributed by atoms with Gasteiger partial charge in [-0.2, -0.15) is 0 Å². The Balaban J connectivity index is 1.69. The van der Waals surface area contributed by atoms with Crippen molar-refractivity contribution >= 4 is 33.2 Å². The molecule has 1 aromatic carbocycles. The molecule has 1 aliphatic heterocycles. The number of carbonyl (C=O) groups is 1. The number of ether oxygens (including phenoxy) is 2. The van der Waals surface area contributed by atoms with E-state index in [0.717, 1.165) is 9.35 Å². The minimum absolute atomic E-state index is 0.126. The van der Waals surface area contributed by atoms with Crippen LogP contribution >= 0.6 is 27.3 Å². The highest BCUT2D eigenvalue weighted by Crippen LogP contribution is 2.32. The van der Waals surface area contributed by atoms with E-state index >= 15 is 0 Å². The summed E-state index contributed by atoms with van der Waals surface area (Å²) in [7, 11) is 0. The number of hydrogen-bond donors (Lipinski definition) is 1. The van der Waals surface area contributed by atoms with E-state index in [1.807, 2.05) is 11.4 Å². The molecule has 1 aromatic heterocycles. The summed E-state index contributed by atoms with van der Waals surface area (Å²) in [4.78, 5) is 13.1. The quantitative estimate of drug-likeness (QED) is 0.934. The summed E-state index contributed by atoms with van der Waals surface area (Å²) in [5.41, 5.74) is 0.567. The van der Waals surface area contributed by atoms with Crippen molar-refractivity contribution in [3.63, 3.8) is 0 Å². The molecule has 0 aliphatic carbocycles. The molecule has 98 valence electrons. The second-order valence-electron chi connectivity index (χ2n) is 3.94. The van der Waals surface area contributed by atoms with Gasteiger partial charge >= 0.3 is 0 Å². The molecule has 1 amide bonds. The topological polar surface area (TPSA) is 47.6 Å². The van der Waals surface area contributed by atoms with E-state index in [1.54, 1.807) is 29.5 Å². The minimum Gasteiger partial charge on any atom is -0.454 e. The lowest BCUT2D eigenvalue weighted by Crippen LogP contribution is -2.22. The van der Waals surface area contributed by atoms with Crippen molar-refractivity contribution < 1.29 is 14.3 Å². The molecule has 1 aliphatic rings. The second kappa shape index (κ2) is 5.22. The van der Waals surface area contributed by atoms with Crippen molar-refractivity contribution in [3.8, 4) is 11.5 Å². The molecular formula is C13H10BrNO3S. The highest BCUT2D eigenvalue weighted by Gasteiger charge is 2.16. The third-order valence-corrected chi connectivity index (χ3v) is 4.66. The molecule has 4 nitrogen and oxygen atoms in total. The smallest absolute Gasteiger partial charge is 0.251 e. The summed E-state index contributed by atoms with van der Waals surface area (Å²) in [6, 6.07) is 7.14. The first-order valence-corrected chi connectivity index (χ1v) is 7.31. The fraction of sp³-hybridized carbons (Fsp3) is 0.154. The highest BCUT2D eigenvalue weighted by atomic mass is 79.9. The van der Waals surface area contributed by atoms with Gasteiger partial charge in [0.15, 0.2) is 11.5 Å². The van der Waals surface area contributed by atoms with Crippen molar-refractivity contribution in [2.45, 2.75) is 6.54 Å². The van der Waals surface area contributed by atoms with Gasteiger partial charge in [0.2, 0.25) is 6.79 Å². The molecule has 2 aromatic rings. The van der Waals surface area contributed by atoms with Gasteiger partial charge < -0.3 is 14.8 Å². The Hall–Kier alpha value is -1.53. The van der Waals surface area contributed by atoms with Crippen LogP contribution in [0.3, 0.4) is 0 Å². The van der Waals surface area contributed by atoms with Gasteiger partial charge in [0.25, 0.3) is 5.91 Å². The Morgan fingerprint density at radius 3 is 2.95 bits per heavy atom. The summed E-state index contributed by atoms with van der Waals surface area (Å²) < 4.78 is 11.5. The van der Waals surface area contributed by atoms with Crippen molar-refractivity contribution in [1.29, 1.82) is 0 Å². The normalized spacial score (nSPS) is 12.5. The lowest BCUT2D eigenvalue weighted by molar-refractivity contribution is 0.0951. The van der Waals surface area contributed by atoms with Crippen LogP contribution in [-0.4, -0.2) is 12.7 Å². The van der Waals surface area contributed by atoms with Gasteiger partial charge in [-0.05, 0) is 45.6 Å². The molecule has 0 bridgehead atoms. The summed E-state index contributed by atoms with van der Waals surface area (Å²) >= 11 is 5.04. The third-order valence-electron chi connectivity index (χ3n) is 2.74. The van der Waals surface area contributed by atoms with Gasteiger partial charge in [0.05, 0.1) is 6.54 Å². The molecule has 0 radical (unpaired) electrons. The maximum absolute atomic E-state index is 12.0. The Morgan fingerprint density at radius 1 is 1.32 bits per heavy atom. The molecule has 0 saturated heterocycles. The SMILES string of the molecule is O=C(NCc1sccc1Br)c1ccc2c(c1)OCO2. The van der Waals surface area contributed by atoms with E-state index in [4.69, 9.17) is 9.47 Å². The average Bonchev–Trinajstić information content (AvgIpc) is 3.03. The Morgan fingerprint density at radius 2 is 2.16 bits per heavy atom. The number of amides is 1. The lowest BCUT2D eigenvalue weighted by atomic mass is 10.2. The number of fused-ring (bicyclic) bond motifs is 1. The van der Waals surface area contributed by atoms with Crippen LogP contribution < -0.4 is 14.8 Å². The molecule has 0 unspecified atom stereocenters. The predicted molar refractivity (Wildman–Crippen MR) is 75.8 cm³/mol.